The average Bonchev–Trinajstić information content (AvgIpc) is 2.28. The standard InChI is InChI=1S/C11H9FN4O/c12-8-1-9(13)3-10(2-8)16-11(17)7-4-14-6-15-5-7/h1-6H,13H2,(H,16,17). The molecule has 86 valence electrons. The van der Waals surface area contributed by atoms with E-state index in [1.165, 1.54) is 36.9 Å². The van der Waals surface area contributed by atoms with Crippen LogP contribution in [0.25, 0.3) is 0 Å². The van der Waals surface area contributed by atoms with E-state index in [1.54, 1.807) is 0 Å². The van der Waals surface area contributed by atoms with Crippen LogP contribution in [0.4, 0.5) is 15.8 Å². The minimum absolute atomic E-state index is 0.240. The van der Waals surface area contributed by atoms with Crippen molar-refractivity contribution in [2.75, 3.05) is 11.1 Å². The maximum Gasteiger partial charge on any atom is 0.258 e. The fourth-order valence-electron chi connectivity index (χ4n) is 1.30. The minimum Gasteiger partial charge on any atom is -0.399 e. The van der Waals surface area contributed by atoms with Crippen LogP contribution in [-0.4, -0.2) is 15.9 Å². The largest absolute Gasteiger partial charge is 0.399 e. The highest BCUT2D eigenvalue weighted by atomic mass is 19.1. The summed E-state index contributed by atoms with van der Waals surface area (Å²) in [6.07, 6.45) is 4.05. The molecular weight excluding hydrogens is 223 g/mol. The zero-order valence-electron chi connectivity index (χ0n) is 8.72. The van der Waals surface area contributed by atoms with Crippen molar-refractivity contribution >= 4 is 17.3 Å². The second-order valence-electron chi connectivity index (χ2n) is 3.35. The molecule has 1 amide bonds. The summed E-state index contributed by atoms with van der Waals surface area (Å²) in [7, 11) is 0. The van der Waals surface area contributed by atoms with Crippen molar-refractivity contribution in [3.8, 4) is 0 Å². The highest BCUT2D eigenvalue weighted by Crippen LogP contribution is 2.16. The molecule has 3 N–H and O–H groups in total. The minimum atomic E-state index is -0.510. The summed E-state index contributed by atoms with van der Waals surface area (Å²) in [4.78, 5) is 19.1. The molecule has 0 bridgehead atoms. The maximum absolute atomic E-state index is 13.0. The SMILES string of the molecule is Nc1cc(F)cc(NC(=O)c2cncnc2)c1. The van der Waals surface area contributed by atoms with E-state index >= 15 is 0 Å². The topological polar surface area (TPSA) is 80.9 Å². The van der Waals surface area contributed by atoms with Crippen LogP contribution in [-0.2, 0) is 0 Å². The van der Waals surface area contributed by atoms with Gasteiger partial charge in [-0.25, -0.2) is 14.4 Å². The number of anilines is 2. The number of carbonyl (C=O) groups excluding carboxylic acids is 1. The normalized spacial score (nSPS) is 9.94. The van der Waals surface area contributed by atoms with Crippen LogP contribution in [0, 0.1) is 5.82 Å². The lowest BCUT2D eigenvalue weighted by Gasteiger charge is -2.05. The molecule has 2 rings (SSSR count). The Labute approximate surface area is 96.5 Å². The molecule has 0 atom stereocenters. The molecule has 0 spiro atoms. The molecule has 0 aliphatic rings. The van der Waals surface area contributed by atoms with Gasteiger partial charge in [0.05, 0.1) is 5.56 Å². The van der Waals surface area contributed by atoms with Crippen molar-refractivity contribution in [3.63, 3.8) is 0 Å². The third-order valence-electron chi connectivity index (χ3n) is 2.00. The molecule has 5 nitrogen and oxygen atoms in total. The number of rotatable bonds is 2. The van der Waals surface area contributed by atoms with E-state index in [4.69, 9.17) is 5.73 Å². The van der Waals surface area contributed by atoms with Gasteiger partial charge in [-0.15, -0.1) is 0 Å². The first-order valence-electron chi connectivity index (χ1n) is 4.77. The predicted molar refractivity (Wildman–Crippen MR) is 60.8 cm³/mol. The lowest BCUT2D eigenvalue weighted by atomic mass is 10.2. The first-order valence-corrected chi connectivity index (χ1v) is 4.77. The van der Waals surface area contributed by atoms with Gasteiger partial charge in [0, 0.05) is 23.8 Å². The van der Waals surface area contributed by atoms with E-state index in [-0.39, 0.29) is 16.9 Å². The number of nitrogens with two attached hydrogens (primary N) is 1. The number of amides is 1. The summed E-state index contributed by atoms with van der Waals surface area (Å²) in [6.45, 7) is 0. The van der Waals surface area contributed by atoms with Gasteiger partial charge in [-0.05, 0) is 18.2 Å². The number of aromatic nitrogens is 2. The maximum atomic E-state index is 13.0. The molecule has 1 aromatic heterocycles. The van der Waals surface area contributed by atoms with Crippen LogP contribution in [0.1, 0.15) is 10.4 Å². The molecule has 1 heterocycles. The summed E-state index contributed by atoms with van der Waals surface area (Å²) in [5.41, 5.74) is 6.27. The molecule has 0 fully saturated rings. The Hall–Kier alpha value is -2.50. The van der Waals surface area contributed by atoms with Gasteiger partial charge in [0.15, 0.2) is 0 Å². The number of nitrogens with zero attached hydrogens (tertiary/aromatic N) is 2. The third kappa shape index (κ3) is 2.75. The molecule has 17 heavy (non-hydrogen) atoms. The van der Waals surface area contributed by atoms with E-state index in [0.29, 0.717) is 0 Å². The van der Waals surface area contributed by atoms with E-state index in [9.17, 15) is 9.18 Å². The molecule has 0 saturated heterocycles. The average molecular weight is 232 g/mol. The molecule has 6 heteroatoms. The summed E-state index contributed by atoms with van der Waals surface area (Å²) in [5, 5.41) is 2.50. The van der Waals surface area contributed by atoms with Gasteiger partial charge < -0.3 is 11.1 Å². The Morgan fingerprint density at radius 1 is 1.24 bits per heavy atom. The first-order chi connectivity index (χ1) is 8.15. The second-order valence-corrected chi connectivity index (χ2v) is 3.35. The Bertz CT molecular complexity index is 524. The summed E-state index contributed by atoms with van der Waals surface area (Å²) < 4.78 is 13.0. The van der Waals surface area contributed by atoms with Crippen molar-refractivity contribution in [2.24, 2.45) is 0 Å². The molecule has 1 aromatic carbocycles. The Morgan fingerprint density at radius 3 is 2.59 bits per heavy atom. The fourth-order valence-corrected chi connectivity index (χ4v) is 1.30. The quantitative estimate of drug-likeness (QED) is 0.768. The second kappa shape index (κ2) is 4.56. The first kappa shape index (κ1) is 11.0. The molecule has 0 aliphatic heterocycles. The Balaban J connectivity index is 2.19. The molecular formula is C11H9FN4O. The Kier molecular flexibility index (Phi) is 2.95. The number of hydrogen-bond donors (Lipinski definition) is 2. The lowest BCUT2D eigenvalue weighted by molar-refractivity contribution is 0.102. The van der Waals surface area contributed by atoms with Crippen LogP contribution in [0.3, 0.4) is 0 Å². The van der Waals surface area contributed by atoms with Gasteiger partial charge in [0.1, 0.15) is 12.1 Å². The fraction of sp³-hybridized carbons (Fsp3) is 0. The monoisotopic (exact) mass is 232 g/mol. The van der Waals surface area contributed by atoms with E-state index < -0.39 is 11.7 Å². The molecule has 0 unspecified atom stereocenters. The Morgan fingerprint density at radius 2 is 1.94 bits per heavy atom. The lowest BCUT2D eigenvalue weighted by Crippen LogP contribution is -2.12. The number of carbonyl (C=O) groups is 1. The van der Waals surface area contributed by atoms with E-state index in [0.717, 1.165) is 0 Å². The molecule has 2 aromatic rings. The van der Waals surface area contributed by atoms with Gasteiger partial charge in [0.2, 0.25) is 0 Å². The van der Waals surface area contributed by atoms with Crippen molar-refractivity contribution in [3.05, 3.63) is 48.3 Å². The van der Waals surface area contributed by atoms with Crippen molar-refractivity contribution in [2.45, 2.75) is 0 Å². The number of hydrogen-bond acceptors (Lipinski definition) is 4. The molecule has 0 saturated carbocycles. The highest BCUT2D eigenvalue weighted by Gasteiger charge is 2.07. The van der Waals surface area contributed by atoms with Crippen molar-refractivity contribution in [1.29, 1.82) is 0 Å². The van der Waals surface area contributed by atoms with Crippen LogP contribution in [0.2, 0.25) is 0 Å². The van der Waals surface area contributed by atoms with Crippen molar-refractivity contribution < 1.29 is 9.18 Å². The third-order valence-corrected chi connectivity index (χ3v) is 2.00. The predicted octanol–water partition coefficient (Wildman–Crippen LogP) is 1.45. The smallest absolute Gasteiger partial charge is 0.258 e. The van der Waals surface area contributed by atoms with E-state index in [1.807, 2.05) is 0 Å². The van der Waals surface area contributed by atoms with E-state index in [2.05, 4.69) is 15.3 Å². The molecule has 0 radical (unpaired) electrons. The summed E-state index contributed by atoms with van der Waals surface area (Å²) >= 11 is 0. The van der Waals surface area contributed by atoms with Gasteiger partial charge in [-0.3, -0.25) is 4.79 Å². The zero-order chi connectivity index (χ0) is 12.3. The van der Waals surface area contributed by atoms with Crippen molar-refractivity contribution in [1.82, 2.24) is 9.97 Å². The van der Waals surface area contributed by atoms with Gasteiger partial charge >= 0.3 is 0 Å². The number of nitrogens with one attached hydrogen (secondary N) is 1. The van der Waals surface area contributed by atoms with Gasteiger partial charge in [0.25, 0.3) is 5.91 Å². The van der Waals surface area contributed by atoms with Crippen LogP contribution in [0.15, 0.2) is 36.9 Å². The number of nitrogen functional groups attached to an aromatic ring is 1. The summed E-state index contributed by atoms with van der Waals surface area (Å²) in [5.74, 6) is -0.930. The summed E-state index contributed by atoms with van der Waals surface area (Å²) in [6, 6.07) is 3.81. The zero-order valence-corrected chi connectivity index (χ0v) is 8.72. The van der Waals surface area contributed by atoms with Gasteiger partial charge in [-0.2, -0.15) is 0 Å². The number of benzene rings is 1. The molecule has 0 aliphatic carbocycles. The van der Waals surface area contributed by atoms with Crippen LogP contribution < -0.4 is 11.1 Å². The number of halogens is 1. The van der Waals surface area contributed by atoms with Gasteiger partial charge in [-0.1, -0.05) is 0 Å². The van der Waals surface area contributed by atoms with Crippen LogP contribution >= 0.6 is 0 Å². The van der Waals surface area contributed by atoms with Crippen LogP contribution in [0.5, 0.6) is 0 Å². The highest BCUT2D eigenvalue weighted by molar-refractivity contribution is 6.04.